The van der Waals surface area contributed by atoms with E-state index in [0.717, 1.165) is 48.5 Å². The van der Waals surface area contributed by atoms with Crippen LogP contribution >= 0.6 is 0 Å². The number of nitrogens with zero attached hydrogens (tertiary/aromatic N) is 4. The first kappa shape index (κ1) is 14.8. The summed E-state index contributed by atoms with van der Waals surface area (Å²) in [5, 5.41) is 0. The van der Waals surface area contributed by atoms with Crippen molar-refractivity contribution in [1.82, 2.24) is 19.9 Å². The molecular formula is C18H19N5O. The van der Waals surface area contributed by atoms with Crippen LogP contribution in [0.15, 0.2) is 41.3 Å². The fourth-order valence-electron chi connectivity index (χ4n) is 3.34. The zero-order valence-corrected chi connectivity index (χ0v) is 13.6. The maximum Gasteiger partial charge on any atom is 0.251 e. The molecular weight excluding hydrogens is 302 g/mol. The smallest absolute Gasteiger partial charge is 0.251 e. The highest BCUT2D eigenvalue weighted by Gasteiger charge is 2.24. The second-order valence-corrected chi connectivity index (χ2v) is 6.26. The number of hydrogen-bond donors (Lipinski definition) is 1. The van der Waals surface area contributed by atoms with E-state index in [9.17, 15) is 4.79 Å². The molecule has 1 unspecified atom stereocenters. The van der Waals surface area contributed by atoms with E-state index >= 15 is 0 Å². The second-order valence-electron chi connectivity index (χ2n) is 6.26. The molecule has 0 bridgehead atoms. The summed E-state index contributed by atoms with van der Waals surface area (Å²) in [5.74, 6) is 1.80. The molecule has 122 valence electrons. The third kappa shape index (κ3) is 2.87. The van der Waals surface area contributed by atoms with Crippen molar-refractivity contribution in [1.29, 1.82) is 0 Å². The summed E-state index contributed by atoms with van der Waals surface area (Å²) in [6, 6.07) is 9.51. The first-order chi connectivity index (χ1) is 11.7. The Kier molecular flexibility index (Phi) is 3.72. The minimum atomic E-state index is -0.0832. The van der Waals surface area contributed by atoms with Crippen LogP contribution in [0.25, 0.3) is 11.0 Å². The van der Waals surface area contributed by atoms with Gasteiger partial charge in [0.25, 0.3) is 5.56 Å². The minimum Gasteiger partial charge on any atom is -0.355 e. The molecule has 6 heteroatoms. The number of rotatable bonds is 2. The molecule has 0 amide bonds. The predicted octanol–water partition coefficient (Wildman–Crippen LogP) is 2.41. The van der Waals surface area contributed by atoms with E-state index in [0.29, 0.717) is 5.82 Å². The standard InChI is InChI=1S/C18H19N5O/c1-12-20-16(9-18(24)21-12)13-5-4-8-23(11-13)17-10-19-14-6-2-3-7-15(14)22-17/h2-3,6-7,9-10,13H,4-5,8,11H2,1H3,(H,20,21,24). The summed E-state index contributed by atoms with van der Waals surface area (Å²) in [6.45, 7) is 3.58. The van der Waals surface area contributed by atoms with Crippen LogP contribution in [0, 0.1) is 6.92 Å². The zero-order chi connectivity index (χ0) is 16.5. The van der Waals surface area contributed by atoms with E-state index in [1.54, 1.807) is 6.07 Å². The van der Waals surface area contributed by atoms with E-state index in [-0.39, 0.29) is 11.5 Å². The van der Waals surface area contributed by atoms with Gasteiger partial charge in [-0.05, 0) is 31.9 Å². The maximum absolute atomic E-state index is 11.7. The van der Waals surface area contributed by atoms with Crippen LogP contribution in [0.4, 0.5) is 5.82 Å². The van der Waals surface area contributed by atoms with Gasteiger partial charge in [-0.25, -0.2) is 9.97 Å². The van der Waals surface area contributed by atoms with Crippen molar-refractivity contribution in [2.45, 2.75) is 25.7 Å². The summed E-state index contributed by atoms with van der Waals surface area (Å²) < 4.78 is 0. The summed E-state index contributed by atoms with van der Waals surface area (Å²) in [7, 11) is 0. The predicted molar refractivity (Wildman–Crippen MR) is 93.3 cm³/mol. The first-order valence-electron chi connectivity index (χ1n) is 8.23. The molecule has 1 aliphatic rings. The van der Waals surface area contributed by atoms with Crippen LogP contribution < -0.4 is 10.5 Å². The Morgan fingerprint density at radius 3 is 2.88 bits per heavy atom. The molecule has 1 fully saturated rings. The van der Waals surface area contributed by atoms with E-state index < -0.39 is 0 Å². The molecule has 0 spiro atoms. The van der Waals surface area contributed by atoms with Gasteiger partial charge < -0.3 is 9.88 Å². The molecule has 3 aromatic rings. The molecule has 3 heterocycles. The lowest BCUT2D eigenvalue weighted by molar-refractivity contribution is 0.496. The van der Waals surface area contributed by atoms with Crippen molar-refractivity contribution in [3.8, 4) is 0 Å². The topological polar surface area (TPSA) is 74.8 Å². The molecule has 0 radical (unpaired) electrons. The number of H-pyrrole nitrogens is 1. The van der Waals surface area contributed by atoms with Gasteiger partial charge >= 0.3 is 0 Å². The van der Waals surface area contributed by atoms with Gasteiger partial charge in [-0.1, -0.05) is 12.1 Å². The molecule has 2 aromatic heterocycles. The third-order valence-corrected chi connectivity index (χ3v) is 4.48. The molecule has 1 atom stereocenters. The van der Waals surface area contributed by atoms with Crippen LogP contribution in [-0.4, -0.2) is 33.0 Å². The summed E-state index contributed by atoms with van der Waals surface area (Å²) >= 11 is 0. The van der Waals surface area contributed by atoms with Crippen LogP contribution in [0.5, 0.6) is 0 Å². The molecule has 1 saturated heterocycles. The van der Waals surface area contributed by atoms with Crippen molar-refractivity contribution in [3.05, 3.63) is 58.4 Å². The van der Waals surface area contributed by atoms with Gasteiger partial charge in [-0.15, -0.1) is 0 Å². The summed E-state index contributed by atoms with van der Waals surface area (Å²) in [6.07, 6.45) is 3.92. The normalized spacial score (nSPS) is 18.0. The van der Waals surface area contributed by atoms with Crippen LogP contribution in [0.3, 0.4) is 0 Å². The van der Waals surface area contributed by atoms with E-state index in [1.807, 2.05) is 37.4 Å². The van der Waals surface area contributed by atoms with Crippen molar-refractivity contribution < 1.29 is 0 Å². The van der Waals surface area contributed by atoms with Crippen molar-refractivity contribution in [3.63, 3.8) is 0 Å². The zero-order valence-electron chi connectivity index (χ0n) is 13.6. The minimum absolute atomic E-state index is 0.0832. The van der Waals surface area contributed by atoms with Gasteiger partial charge in [0.05, 0.1) is 22.9 Å². The van der Waals surface area contributed by atoms with Gasteiger partial charge in [-0.3, -0.25) is 9.78 Å². The van der Waals surface area contributed by atoms with E-state index in [4.69, 9.17) is 4.98 Å². The molecule has 1 aromatic carbocycles. The highest BCUT2D eigenvalue weighted by molar-refractivity contribution is 5.75. The Balaban J connectivity index is 1.62. The molecule has 1 N–H and O–H groups in total. The van der Waals surface area contributed by atoms with Gasteiger partial charge in [0.1, 0.15) is 11.6 Å². The second kappa shape index (κ2) is 6.03. The van der Waals surface area contributed by atoms with Gasteiger partial charge in [-0.2, -0.15) is 0 Å². The molecule has 4 rings (SSSR count). The highest BCUT2D eigenvalue weighted by atomic mass is 16.1. The van der Waals surface area contributed by atoms with Gasteiger partial charge in [0.2, 0.25) is 0 Å². The lowest BCUT2D eigenvalue weighted by atomic mass is 9.94. The molecule has 0 saturated carbocycles. The van der Waals surface area contributed by atoms with Crippen molar-refractivity contribution >= 4 is 16.9 Å². The number of benzene rings is 1. The monoisotopic (exact) mass is 321 g/mol. The molecule has 24 heavy (non-hydrogen) atoms. The summed E-state index contributed by atoms with van der Waals surface area (Å²) in [5.41, 5.74) is 2.60. The highest BCUT2D eigenvalue weighted by Crippen LogP contribution is 2.28. The number of anilines is 1. The number of aromatic nitrogens is 4. The number of aromatic amines is 1. The number of fused-ring (bicyclic) bond motifs is 1. The average Bonchev–Trinajstić information content (AvgIpc) is 2.60. The van der Waals surface area contributed by atoms with Crippen molar-refractivity contribution in [2.24, 2.45) is 0 Å². The van der Waals surface area contributed by atoms with Gasteiger partial charge in [0, 0.05) is 25.1 Å². The fraction of sp³-hybridized carbons (Fsp3) is 0.333. The lowest BCUT2D eigenvalue weighted by Gasteiger charge is -2.33. The number of aryl methyl sites for hydroxylation is 1. The SMILES string of the molecule is Cc1nc(C2CCCN(c3cnc4ccccc4n3)C2)cc(=O)[nH]1. The Bertz CT molecular complexity index is 936. The molecule has 6 nitrogen and oxygen atoms in total. The number of hydrogen-bond acceptors (Lipinski definition) is 5. The third-order valence-electron chi connectivity index (χ3n) is 4.48. The number of para-hydroxylation sites is 2. The molecule has 1 aliphatic heterocycles. The Morgan fingerprint density at radius 1 is 1.21 bits per heavy atom. The Hall–Kier alpha value is -2.76. The first-order valence-corrected chi connectivity index (χ1v) is 8.23. The Morgan fingerprint density at radius 2 is 2.04 bits per heavy atom. The van der Waals surface area contributed by atoms with Gasteiger partial charge in [0.15, 0.2) is 0 Å². The molecule has 0 aliphatic carbocycles. The van der Waals surface area contributed by atoms with Crippen molar-refractivity contribution in [2.75, 3.05) is 18.0 Å². The van der Waals surface area contributed by atoms with Crippen LogP contribution in [0.2, 0.25) is 0 Å². The van der Waals surface area contributed by atoms with E-state index in [2.05, 4.69) is 19.9 Å². The number of piperidine rings is 1. The fourth-order valence-corrected chi connectivity index (χ4v) is 3.34. The van der Waals surface area contributed by atoms with Crippen LogP contribution in [0.1, 0.15) is 30.3 Å². The summed E-state index contributed by atoms with van der Waals surface area (Å²) in [4.78, 5) is 30.4. The lowest BCUT2D eigenvalue weighted by Crippen LogP contribution is -2.35. The largest absolute Gasteiger partial charge is 0.355 e. The van der Waals surface area contributed by atoms with Crippen LogP contribution in [-0.2, 0) is 0 Å². The average molecular weight is 321 g/mol. The van der Waals surface area contributed by atoms with E-state index in [1.165, 1.54) is 0 Å². The maximum atomic E-state index is 11.7. The Labute approximate surface area is 139 Å². The number of nitrogens with one attached hydrogen (secondary N) is 1. The quantitative estimate of drug-likeness (QED) is 0.784.